The van der Waals surface area contributed by atoms with Gasteiger partial charge in [-0.15, -0.1) is 0 Å². The van der Waals surface area contributed by atoms with Crippen LogP contribution in [0.25, 0.3) is 10.9 Å². The standard InChI is InChI=1S/C25H36N6O8/c26-10-4-3-6-16(27)22(35)30-19(11-14-12-28-17-7-2-1-5-15(14)17)24(37)29-18(8-9-21(33)34)23(36)31-20(13-32)25(38)39/h1-2,5,7,12,16,18-20,28,32H,3-4,6,8-11,13,26-27H2,(H,29,37)(H,30,35)(H,31,36)(H,33,34)(H,38,39). The second kappa shape index (κ2) is 15.4. The van der Waals surface area contributed by atoms with Crippen molar-refractivity contribution in [3.05, 3.63) is 36.0 Å². The maximum atomic E-state index is 13.4. The number of aliphatic carboxylic acids is 2. The third-order valence-electron chi connectivity index (χ3n) is 6.11. The molecular formula is C25H36N6O8. The van der Waals surface area contributed by atoms with Crippen molar-refractivity contribution < 1.29 is 39.3 Å². The number of carbonyl (C=O) groups excluding carboxylic acids is 3. The van der Waals surface area contributed by atoms with E-state index in [0.29, 0.717) is 31.4 Å². The van der Waals surface area contributed by atoms with Gasteiger partial charge in [-0.25, -0.2) is 4.79 Å². The summed E-state index contributed by atoms with van der Waals surface area (Å²) in [5.74, 6) is -5.15. The van der Waals surface area contributed by atoms with Gasteiger partial charge in [0.2, 0.25) is 17.7 Å². The summed E-state index contributed by atoms with van der Waals surface area (Å²) in [5, 5.41) is 35.4. The van der Waals surface area contributed by atoms with Crippen molar-refractivity contribution in [2.24, 2.45) is 11.5 Å². The Balaban J connectivity index is 2.28. The summed E-state index contributed by atoms with van der Waals surface area (Å²) in [4.78, 5) is 64.4. The van der Waals surface area contributed by atoms with Crippen molar-refractivity contribution in [3.63, 3.8) is 0 Å². The molecule has 0 aliphatic rings. The van der Waals surface area contributed by atoms with Gasteiger partial charge in [0, 0.05) is 29.9 Å². The molecule has 4 atom stereocenters. The Hall–Kier alpha value is -4.01. The number of hydrogen-bond acceptors (Lipinski definition) is 8. The van der Waals surface area contributed by atoms with Crippen molar-refractivity contribution >= 4 is 40.6 Å². The first-order valence-corrected chi connectivity index (χ1v) is 12.5. The predicted octanol–water partition coefficient (Wildman–Crippen LogP) is -1.44. The lowest BCUT2D eigenvalue weighted by Crippen LogP contribution is -2.58. The van der Waals surface area contributed by atoms with E-state index in [1.165, 1.54) is 0 Å². The first kappa shape index (κ1) is 31.2. The maximum Gasteiger partial charge on any atom is 0.328 e. The average Bonchev–Trinajstić information content (AvgIpc) is 3.31. The minimum atomic E-state index is -1.66. The van der Waals surface area contributed by atoms with Crippen LogP contribution in [0.2, 0.25) is 0 Å². The highest BCUT2D eigenvalue weighted by Gasteiger charge is 2.31. The third kappa shape index (κ3) is 9.67. The molecule has 4 unspecified atom stereocenters. The number of H-pyrrole nitrogens is 1. The van der Waals surface area contributed by atoms with Crippen LogP contribution in [0.1, 0.15) is 37.7 Å². The van der Waals surface area contributed by atoms with Gasteiger partial charge in [-0.3, -0.25) is 19.2 Å². The van der Waals surface area contributed by atoms with Crippen molar-refractivity contribution in [2.75, 3.05) is 13.2 Å². The number of hydrogen-bond donors (Lipinski definition) is 9. The molecule has 0 bridgehead atoms. The molecule has 2 aromatic rings. The first-order chi connectivity index (χ1) is 18.6. The second-order valence-corrected chi connectivity index (χ2v) is 9.09. The van der Waals surface area contributed by atoms with Crippen LogP contribution in [0.15, 0.2) is 30.5 Å². The molecule has 11 N–H and O–H groups in total. The van der Waals surface area contributed by atoms with E-state index in [1.54, 1.807) is 6.20 Å². The number of unbranched alkanes of at least 4 members (excludes halogenated alkanes) is 1. The fourth-order valence-corrected chi connectivity index (χ4v) is 3.91. The lowest BCUT2D eigenvalue weighted by Gasteiger charge is -2.25. The van der Waals surface area contributed by atoms with E-state index in [9.17, 15) is 29.1 Å². The fourth-order valence-electron chi connectivity index (χ4n) is 3.91. The summed E-state index contributed by atoms with van der Waals surface area (Å²) in [7, 11) is 0. The van der Waals surface area contributed by atoms with Crippen LogP contribution in [0.5, 0.6) is 0 Å². The van der Waals surface area contributed by atoms with Crippen LogP contribution < -0.4 is 27.4 Å². The molecule has 39 heavy (non-hydrogen) atoms. The molecule has 14 nitrogen and oxygen atoms in total. The van der Waals surface area contributed by atoms with Gasteiger partial charge in [0.25, 0.3) is 0 Å². The van der Waals surface area contributed by atoms with Gasteiger partial charge in [-0.05, 0) is 37.4 Å². The number of aliphatic hydroxyl groups is 1. The Kier molecular flexibility index (Phi) is 12.3. The summed E-state index contributed by atoms with van der Waals surface area (Å²) in [6.07, 6.45) is 2.44. The molecular weight excluding hydrogens is 512 g/mol. The number of rotatable bonds is 17. The molecule has 1 heterocycles. The van der Waals surface area contributed by atoms with E-state index < -0.39 is 66.9 Å². The van der Waals surface area contributed by atoms with Crippen LogP contribution in [0, 0.1) is 0 Å². The number of amides is 3. The molecule has 3 amide bonds. The zero-order valence-corrected chi connectivity index (χ0v) is 21.4. The number of carboxylic acid groups (broad SMARTS) is 2. The molecule has 1 aromatic heterocycles. The Morgan fingerprint density at radius 2 is 1.51 bits per heavy atom. The molecule has 2 rings (SSSR count). The number of fused-ring (bicyclic) bond motifs is 1. The van der Waals surface area contributed by atoms with Crippen molar-refractivity contribution in [3.8, 4) is 0 Å². The number of aromatic amines is 1. The summed E-state index contributed by atoms with van der Waals surface area (Å²) >= 11 is 0. The van der Waals surface area contributed by atoms with Gasteiger partial charge in [0.05, 0.1) is 12.6 Å². The average molecular weight is 549 g/mol. The van der Waals surface area contributed by atoms with Crippen LogP contribution in [0.3, 0.4) is 0 Å². The lowest BCUT2D eigenvalue weighted by molar-refractivity contribution is -0.144. The minimum absolute atomic E-state index is 0.0127. The Bertz CT molecular complexity index is 1150. The molecule has 0 spiro atoms. The Labute approximate surface area is 224 Å². The van der Waals surface area contributed by atoms with Crippen LogP contribution >= 0.6 is 0 Å². The zero-order chi connectivity index (χ0) is 28.9. The quantitative estimate of drug-likeness (QED) is 0.104. The van der Waals surface area contributed by atoms with E-state index in [0.717, 1.165) is 10.9 Å². The number of nitrogens with one attached hydrogen (secondary N) is 4. The van der Waals surface area contributed by atoms with Crippen molar-refractivity contribution in [1.82, 2.24) is 20.9 Å². The molecule has 0 radical (unpaired) electrons. The second-order valence-electron chi connectivity index (χ2n) is 9.09. The molecule has 0 aliphatic heterocycles. The lowest BCUT2D eigenvalue weighted by atomic mass is 10.0. The number of aromatic nitrogens is 1. The van der Waals surface area contributed by atoms with Crippen molar-refractivity contribution in [1.29, 1.82) is 0 Å². The summed E-state index contributed by atoms with van der Waals surface area (Å²) in [6.45, 7) is -0.472. The van der Waals surface area contributed by atoms with Gasteiger partial charge >= 0.3 is 11.9 Å². The Morgan fingerprint density at radius 1 is 0.872 bits per heavy atom. The molecule has 214 valence electrons. The molecule has 14 heteroatoms. The zero-order valence-electron chi connectivity index (χ0n) is 21.4. The van der Waals surface area contributed by atoms with Gasteiger partial charge in [0.1, 0.15) is 18.1 Å². The van der Waals surface area contributed by atoms with Gasteiger partial charge < -0.3 is 47.7 Å². The van der Waals surface area contributed by atoms with E-state index in [-0.39, 0.29) is 12.8 Å². The largest absolute Gasteiger partial charge is 0.481 e. The number of benzene rings is 1. The highest BCUT2D eigenvalue weighted by Crippen LogP contribution is 2.19. The fraction of sp³-hybridized carbons (Fsp3) is 0.480. The highest BCUT2D eigenvalue weighted by atomic mass is 16.4. The SMILES string of the molecule is NCCCCC(N)C(=O)NC(Cc1c[nH]c2ccccc12)C(=O)NC(CCC(=O)O)C(=O)NC(CO)C(=O)O. The highest BCUT2D eigenvalue weighted by molar-refractivity contribution is 5.95. The van der Waals surface area contributed by atoms with Crippen LogP contribution in [-0.4, -0.2) is 87.3 Å². The summed E-state index contributed by atoms with van der Waals surface area (Å²) < 4.78 is 0. The summed E-state index contributed by atoms with van der Waals surface area (Å²) in [5.41, 5.74) is 13.0. The van der Waals surface area contributed by atoms with Crippen LogP contribution in [-0.2, 0) is 30.4 Å². The van der Waals surface area contributed by atoms with Gasteiger partial charge in [-0.1, -0.05) is 24.6 Å². The normalized spacial score (nSPS) is 14.1. The van der Waals surface area contributed by atoms with E-state index >= 15 is 0 Å². The number of aliphatic hydroxyl groups excluding tert-OH is 1. The number of carbonyl (C=O) groups is 5. The topological polar surface area (TPSA) is 250 Å². The van der Waals surface area contributed by atoms with E-state index in [1.807, 2.05) is 24.3 Å². The molecule has 1 aromatic carbocycles. The number of para-hydroxylation sites is 1. The predicted molar refractivity (Wildman–Crippen MR) is 140 cm³/mol. The smallest absolute Gasteiger partial charge is 0.328 e. The summed E-state index contributed by atoms with van der Waals surface area (Å²) in [6, 6.07) is 2.08. The maximum absolute atomic E-state index is 13.4. The third-order valence-corrected chi connectivity index (χ3v) is 6.11. The first-order valence-electron chi connectivity index (χ1n) is 12.5. The van der Waals surface area contributed by atoms with Crippen molar-refractivity contribution in [2.45, 2.75) is 62.7 Å². The van der Waals surface area contributed by atoms with Gasteiger partial charge in [-0.2, -0.15) is 0 Å². The van der Waals surface area contributed by atoms with E-state index in [2.05, 4.69) is 20.9 Å². The monoisotopic (exact) mass is 548 g/mol. The number of nitrogens with two attached hydrogens (primary N) is 2. The van der Waals surface area contributed by atoms with Gasteiger partial charge in [0.15, 0.2) is 0 Å². The minimum Gasteiger partial charge on any atom is -0.481 e. The van der Waals surface area contributed by atoms with Crippen LogP contribution in [0.4, 0.5) is 0 Å². The van der Waals surface area contributed by atoms with E-state index in [4.69, 9.17) is 21.7 Å². The Morgan fingerprint density at radius 3 is 2.15 bits per heavy atom. The molecule has 0 saturated carbocycles. The number of carboxylic acids is 2. The molecule has 0 saturated heterocycles. The molecule has 0 fully saturated rings. The molecule has 0 aliphatic carbocycles.